The summed E-state index contributed by atoms with van der Waals surface area (Å²) >= 11 is 0. The molecule has 4 heteroatoms. The van der Waals surface area contributed by atoms with E-state index in [0.29, 0.717) is 12.8 Å². The standard InChI is InChI=1S/C10H13NO3/c12-8-3-4-9(13)11(8)7-10(14)5-1-2-6-10/h3-4,14H,1-2,5-7H2. The number of aliphatic hydroxyl groups is 1. The maximum absolute atomic E-state index is 11.2. The zero-order valence-corrected chi connectivity index (χ0v) is 7.90. The number of carbonyl (C=O) groups excluding carboxylic acids is 2. The van der Waals surface area contributed by atoms with E-state index in [9.17, 15) is 14.7 Å². The molecule has 14 heavy (non-hydrogen) atoms. The van der Waals surface area contributed by atoms with Crippen molar-refractivity contribution in [2.24, 2.45) is 0 Å². The molecule has 0 spiro atoms. The van der Waals surface area contributed by atoms with Crippen LogP contribution in [0.5, 0.6) is 0 Å². The van der Waals surface area contributed by atoms with E-state index in [2.05, 4.69) is 0 Å². The van der Waals surface area contributed by atoms with E-state index >= 15 is 0 Å². The van der Waals surface area contributed by atoms with Gasteiger partial charge in [0.1, 0.15) is 0 Å². The molecule has 2 rings (SSSR count). The van der Waals surface area contributed by atoms with Gasteiger partial charge in [-0.2, -0.15) is 0 Å². The molecular formula is C10H13NO3. The minimum Gasteiger partial charge on any atom is -0.388 e. The molecule has 0 aromatic heterocycles. The van der Waals surface area contributed by atoms with Crippen molar-refractivity contribution >= 4 is 11.8 Å². The van der Waals surface area contributed by atoms with E-state index in [0.717, 1.165) is 17.7 Å². The Balaban J connectivity index is 2.04. The number of hydrogen-bond donors (Lipinski definition) is 1. The molecule has 2 amide bonds. The van der Waals surface area contributed by atoms with Crippen LogP contribution in [-0.2, 0) is 9.59 Å². The third-order valence-corrected chi connectivity index (χ3v) is 2.89. The van der Waals surface area contributed by atoms with Crippen LogP contribution in [0.3, 0.4) is 0 Å². The summed E-state index contributed by atoms with van der Waals surface area (Å²) in [5, 5.41) is 10.0. The van der Waals surface area contributed by atoms with E-state index in [4.69, 9.17) is 0 Å². The van der Waals surface area contributed by atoms with Gasteiger partial charge in [-0.1, -0.05) is 12.8 Å². The van der Waals surface area contributed by atoms with Crippen molar-refractivity contribution in [3.63, 3.8) is 0 Å². The van der Waals surface area contributed by atoms with Crippen LogP contribution in [0.25, 0.3) is 0 Å². The number of nitrogens with zero attached hydrogens (tertiary/aromatic N) is 1. The first-order chi connectivity index (χ1) is 6.61. The molecule has 1 heterocycles. The number of amides is 2. The van der Waals surface area contributed by atoms with E-state index < -0.39 is 5.60 Å². The number of carbonyl (C=O) groups is 2. The highest BCUT2D eigenvalue weighted by atomic mass is 16.3. The molecule has 4 nitrogen and oxygen atoms in total. The summed E-state index contributed by atoms with van der Waals surface area (Å²) in [6.45, 7) is 0.150. The first-order valence-corrected chi connectivity index (χ1v) is 4.87. The second-order valence-corrected chi connectivity index (χ2v) is 4.03. The third-order valence-electron chi connectivity index (χ3n) is 2.89. The molecular weight excluding hydrogens is 182 g/mol. The lowest BCUT2D eigenvalue weighted by molar-refractivity contribution is -0.140. The Hall–Kier alpha value is -1.16. The zero-order chi connectivity index (χ0) is 10.2. The maximum Gasteiger partial charge on any atom is 0.253 e. The van der Waals surface area contributed by atoms with E-state index in [1.54, 1.807) is 0 Å². The number of rotatable bonds is 2. The predicted octanol–water partition coefficient (Wildman–Crippen LogP) is 0.216. The van der Waals surface area contributed by atoms with Crippen LogP contribution < -0.4 is 0 Å². The van der Waals surface area contributed by atoms with Gasteiger partial charge in [0.2, 0.25) is 0 Å². The summed E-state index contributed by atoms with van der Waals surface area (Å²) in [4.78, 5) is 23.6. The highest BCUT2D eigenvalue weighted by Gasteiger charge is 2.37. The van der Waals surface area contributed by atoms with E-state index in [-0.39, 0.29) is 18.4 Å². The quantitative estimate of drug-likeness (QED) is 0.641. The summed E-state index contributed by atoms with van der Waals surface area (Å²) in [6.07, 6.45) is 5.82. The summed E-state index contributed by atoms with van der Waals surface area (Å²) in [5.41, 5.74) is -0.836. The lowest BCUT2D eigenvalue weighted by Crippen LogP contribution is -2.44. The fourth-order valence-corrected chi connectivity index (χ4v) is 2.07. The van der Waals surface area contributed by atoms with Gasteiger partial charge in [-0.3, -0.25) is 14.5 Å². The number of hydrogen-bond acceptors (Lipinski definition) is 3. The van der Waals surface area contributed by atoms with Crippen molar-refractivity contribution in [1.82, 2.24) is 4.90 Å². The Bertz CT molecular complexity index is 284. The second kappa shape index (κ2) is 3.20. The van der Waals surface area contributed by atoms with Gasteiger partial charge in [0.05, 0.1) is 12.1 Å². The Morgan fingerprint density at radius 3 is 2.21 bits per heavy atom. The smallest absolute Gasteiger partial charge is 0.253 e. The van der Waals surface area contributed by atoms with Crippen molar-refractivity contribution in [3.05, 3.63) is 12.2 Å². The van der Waals surface area contributed by atoms with Crippen LogP contribution in [-0.4, -0.2) is 34.0 Å². The van der Waals surface area contributed by atoms with Crippen molar-refractivity contribution in [2.75, 3.05) is 6.54 Å². The van der Waals surface area contributed by atoms with Crippen molar-refractivity contribution in [3.8, 4) is 0 Å². The van der Waals surface area contributed by atoms with Crippen LogP contribution in [0.2, 0.25) is 0 Å². The van der Waals surface area contributed by atoms with Crippen molar-refractivity contribution in [2.45, 2.75) is 31.3 Å². The first kappa shape index (κ1) is 9.40. The van der Waals surface area contributed by atoms with Crippen LogP contribution in [0, 0.1) is 0 Å². The van der Waals surface area contributed by atoms with Gasteiger partial charge in [-0.25, -0.2) is 0 Å². The molecule has 0 saturated heterocycles. The third kappa shape index (κ3) is 1.57. The first-order valence-electron chi connectivity index (χ1n) is 4.87. The molecule has 0 aromatic carbocycles. The summed E-state index contributed by atoms with van der Waals surface area (Å²) in [7, 11) is 0. The van der Waals surface area contributed by atoms with Crippen LogP contribution >= 0.6 is 0 Å². The molecule has 1 fully saturated rings. The van der Waals surface area contributed by atoms with Gasteiger partial charge < -0.3 is 5.11 Å². The lowest BCUT2D eigenvalue weighted by Gasteiger charge is -2.26. The van der Waals surface area contributed by atoms with E-state index in [1.165, 1.54) is 12.2 Å². The molecule has 76 valence electrons. The molecule has 0 aromatic rings. The van der Waals surface area contributed by atoms with Gasteiger partial charge in [0.15, 0.2) is 0 Å². The van der Waals surface area contributed by atoms with Crippen molar-refractivity contribution < 1.29 is 14.7 Å². The van der Waals surface area contributed by atoms with Crippen LogP contribution in [0.4, 0.5) is 0 Å². The topological polar surface area (TPSA) is 57.6 Å². The summed E-state index contributed by atoms with van der Waals surface area (Å²) in [5.74, 6) is -0.620. The average molecular weight is 195 g/mol. The Labute approximate surface area is 82.2 Å². The van der Waals surface area contributed by atoms with Crippen LogP contribution in [0.1, 0.15) is 25.7 Å². The molecule has 1 aliphatic carbocycles. The highest BCUT2D eigenvalue weighted by molar-refractivity contribution is 6.12. The Kier molecular flexibility index (Phi) is 2.15. The largest absolute Gasteiger partial charge is 0.388 e. The van der Waals surface area contributed by atoms with Gasteiger partial charge in [-0.05, 0) is 12.8 Å². The second-order valence-electron chi connectivity index (χ2n) is 4.03. The molecule has 2 aliphatic rings. The van der Waals surface area contributed by atoms with Gasteiger partial charge in [0, 0.05) is 12.2 Å². The zero-order valence-electron chi connectivity index (χ0n) is 7.90. The molecule has 1 aliphatic heterocycles. The summed E-state index contributed by atoms with van der Waals surface area (Å²) < 4.78 is 0. The molecule has 0 bridgehead atoms. The lowest BCUT2D eigenvalue weighted by atomic mass is 10.0. The Morgan fingerprint density at radius 2 is 1.71 bits per heavy atom. The van der Waals surface area contributed by atoms with Crippen LogP contribution in [0.15, 0.2) is 12.2 Å². The average Bonchev–Trinajstić information content (AvgIpc) is 2.68. The molecule has 0 radical (unpaired) electrons. The fourth-order valence-electron chi connectivity index (χ4n) is 2.07. The minimum atomic E-state index is -0.836. The minimum absolute atomic E-state index is 0.150. The maximum atomic E-state index is 11.2. The number of β-amino-alcohol motifs (C(OH)–C–C–N with tert-alkyl or cyclic N) is 1. The monoisotopic (exact) mass is 195 g/mol. The fraction of sp³-hybridized carbons (Fsp3) is 0.600. The van der Waals surface area contributed by atoms with Gasteiger partial charge >= 0.3 is 0 Å². The van der Waals surface area contributed by atoms with Crippen molar-refractivity contribution in [1.29, 1.82) is 0 Å². The Morgan fingerprint density at radius 1 is 1.21 bits per heavy atom. The molecule has 1 N–H and O–H groups in total. The molecule has 0 atom stereocenters. The molecule has 1 saturated carbocycles. The highest BCUT2D eigenvalue weighted by Crippen LogP contribution is 2.30. The summed E-state index contributed by atoms with van der Waals surface area (Å²) in [6, 6.07) is 0. The van der Waals surface area contributed by atoms with Gasteiger partial charge in [-0.15, -0.1) is 0 Å². The SMILES string of the molecule is O=C1C=CC(=O)N1CC1(O)CCCC1. The van der Waals surface area contributed by atoms with Gasteiger partial charge in [0.25, 0.3) is 11.8 Å². The normalized spacial score (nSPS) is 25.1. The van der Waals surface area contributed by atoms with E-state index in [1.807, 2.05) is 0 Å². The molecule has 0 unspecified atom stereocenters. The predicted molar refractivity (Wildman–Crippen MR) is 49.3 cm³/mol. The number of imide groups is 1.